The average molecular weight is 238 g/mol. The molecule has 0 saturated heterocycles. The highest BCUT2D eigenvalue weighted by Gasteiger charge is 2.08. The maximum Gasteiger partial charge on any atom is 0.187 e. The molecule has 1 heterocycles. The molecule has 0 fully saturated rings. The fourth-order valence-electron chi connectivity index (χ4n) is 1.34. The van der Waals surface area contributed by atoms with Gasteiger partial charge in [-0.25, -0.2) is 14.4 Å². The van der Waals surface area contributed by atoms with Crippen molar-refractivity contribution in [3.63, 3.8) is 0 Å². The second-order valence-corrected chi connectivity index (χ2v) is 3.76. The number of nitrogen functional groups attached to an aromatic ring is 1. The summed E-state index contributed by atoms with van der Waals surface area (Å²) in [5.74, 6) is -0.684. The molecule has 0 aliphatic heterocycles. The number of halogens is 2. The van der Waals surface area contributed by atoms with Gasteiger partial charge in [-0.3, -0.25) is 0 Å². The Kier molecular flexibility index (Phi) is 3.01. The van der Waals surface area contributed by atoms with E-state index in [4.69, 9.17) is 17.3 Å². The molecule has 1 aromatic carbocycles. The fraction of sp³-hybridized carbons (Fsp3) is 0.0909. The van der Waals surface area contributed by atoms with Gasteiger partial charge in [0, 0.05) is 11.4 Å². The Labute approximate surface area is 97.1 Å². The van der Waals surface area contributed by atoms with Crippen molar-refractivity contribution >= 4 is 17.4 Å². The number of hydrogen-bond acceptors (Lipinski definition) is 3. The van der Waals surface area contributed by atoms with E-state index >= 15 is 0 Å². The minimum absolute atomic E-state index is 0.126. The molecule has 0 amide bonds. The lowest BCUT2D eigenvalue weighted by molar-refractivity contribution is 0.602. The van der Waals surface area contributed by atoms with Crippen molar-refractivity contribution in [2.45, 2.75) is 6.42 Å². The number of aromatic nitrogens is 2. The largest absolute Gasteiger partial charge is 0.381 e. The molecule has 0 unspecified atom stereocenters. The van der Waals surface area contributed by atoms with Crippen LogP contribution in [-0.4, -0.2) is 9.97 Å². The van der Waals surface area contributed by atoms with Gasteiger partial charge in [-0.05, 0) is 17.7 Å². The van der Waals surface area contributed by atoms with Crippen LogP contribution in [0.2, 0.25) is 5.02 Å². The number of nitrogens with zero attached hydrogens (tertiary/aromatic N) is 2. The van der Waals surface area contributed by atoms with Crippen LogP contribution in [0.5, 0.6) is 0 Å². The zero-order valence-electron chi connectivity index (χ0n) is 8.32. The first kappa shape index (κ1) is 10.8. The Morgan fingerprint density at radius 1 is 1.19 bits per heavy atom. The summed E-state index contributed by atoms with van der Waals surface area (Å²) in [7, 11) is 0. The molecule has 0 atom stereocenters. The first-order valence-corrected chi connectivity index (χ1v) is 5.04. The highest BCUT2D eigenvalue weighted by Crippen LogP contribution is 2.16. The van der Waals surface area contributed by atoms with Crippen LogP contribution in [0.3, 0.4) is 0 Å². The summed E-state index contributed by atoms with van der Waals surface area (Å²) in [5, 5.41) is 0.645. The maximum atomic E-state index is 13.5. The van der Waals surface area contributed by atoms with Crippen LogP contribution in [0.15, 0.2) is 30.6 Å². The predicted molar refractivity (Wildman–Crippen MR) is 60.7 cm³/mol. The molecule has 3 nitrogen and oxygen atoms in total. The minimum Gasteiger partial charge on any atom is -0.381 e. The van der Waals surface area contributed by atoms with Gasteiger partial charge in [0.1, 0.15) is 6.33 Å². The van der Waals surface area contributed by atoms with Gasteiger partial charge in [0.2, 0.25) is 0 Å². The summed E-state index contributed by atoms with van der Waals surface area (Å²) in [6, 6.07) is 7.14. The van der Waals surface area contributed by atoms with E-state index in [1.807, 2.05) is 12.1 Å². The van der Waals surface area contributed by atoms with Crippen molar-refractivity contribution in [3.8, 4) is 0 Å². The van der Waals surface area contributed by atoms with E-state index in [0.717, 1.165) is 5.56 Å². The molecule has 2 N–H and O–H groups in total. The van der Waals surface area contributed by atoms with Crippen LogP contribution >= 0.6 is 11.6 Å². The van der Waals surface area contributed by atoms with Crippen molar-refractivity contribution in [3.05, 3.63) is 52.7 Å². The van der Waals surface area contributed by atoms with E-state index in [1.54, 1.807) is 12.1 Å². The van der Waals surface area contributed by atoms with Crippen LogP contribution in [0.25, 0.3) is 0 Å². The minimum atomic E-state index is -0.558. The zero-order valence-corrected chi connectivity index (χ0v) is 9.08. The summed E-state index contributed by atoms with van der Waals surface area (Å²) in [4.78, 5) is 7.42. The predicted octanol–water partition coefficient (Wildman–Crippen LogP) is 2.44. The van der Waals surface area contributed by atoms with Crippen molar-refractivity contribution in [2.75, 3.05) is 5.73 Å². The zero-order chi connectivity index (χ0) is 11.5. The van der Waals surface area contributed by atoms with Crippen molar-refractivity contribution < 1.29 is 4.39 Å². The van der Waals surface area contributed by atoms with Crippen molar-refractivity contribution in [2.24, 2.45) is 0 Å². The highest BCUT2D eigenvalue weighted by molar-refractivity contribution is 6.30. The van der Waals surface area contributed by atoms with Gasteiger partial charge in [-0.15, -0.1) is 0 Å². The van der Waals surface area contributed by atoms with E-state index in [2.05, 4.69) is 9.97 Å². The van der Waals surface area contributed by atoms with Gasteiger partial charge in [0.25, 0.3) is 0 Å². The lowest BCUT2D eigenvalue weighted by Crippen LogP contribution is -2.03. The van der Waals surface area contributed by atoms with Gasteiger partial charge in [-0.2, -0.15) is 0 Å². The van der Waals surface area contributed by atoms with Crippen LogP contribution < -0.4 is 5.73 Å². The highest BCUT2D eigenvalue weighted by atomic mass is 35.5. The summed E-state index contributed by atoms with van der Waals surface area (Å²) in [5.41, 5.74) is 6.56. The number of rotatable bonds is 2. The normalized spacial score (nSPS) is 10.4. The molecule has 1 aromatic heterocycles. The van der Waals surface area contributed by atoms with Crippen molar-refractivity contribution in [1.82, 2.24) is 9.97 Å². The third-order valence-electron chi connectivity index (χ3n) is 2.17. The Morgan fingerprint density at radius 3 is 2.56 bits per heavy atom. The lowest BCUT2D eigenvalue weighted by atomic mass is 10.1. The van der Waals surface area contributed by atoms with E-state index in [9.17, 15) is 4.39 Å². The van der Waals surface area contributed by atoms with Crippen molar-refractivity contribution in [1.29, 1.82) is 0 Å². The smallest absolute Gasteiger partial charge is 0.187 e. The molecule has 0 aliphatic rings. The summed E-state index contributed by atoms with van der Waals surface area (Å²) in [6.45, 7) is 0. The Hall–Kier alpha value is -1.68. The second-order valence-electron chi connectivity index (χ2n) is 3.32. The summed E-state index contributed by atoms with van der Waals surface area (Å²) in [6.07, 6.45) is 1.62. The number of hydrogen-bond donors (Lipinski definition) is 1. The van der Waals surface area contributed by atoms with Crippen LogP contribution in [0, 0.1) is 5.82 Å². The standard InChI is InChI=1S/C11H9ClFN3/c12-8-3-1-7(2-4-8)5-9-10(13)11(14)16-6-15-9/h1-4,6H,5H2,(H2,14,15,16). The fourth-order valence-corrected chi connectivity index (χ4v) is 1.47. The molecule has 0 aliphatic carbocycles. The summed E-state index contributed by atoms with van der Waals surface area (Å²) >= 11 is 5.75. The number of nitrogens with two attached hydrogens (primary N) is 1. The molecule has 0 bridgehead atoms. The van der Waals surface area contributed by atoms with Crippen LogP contribution in [0.1, 0.15) is 11.3 Å². The van der Waals surface area contributed by atoms with Crippen LogP contribution in [0.4, 0.5) is 10.2 Å². The molecular formula is C11H9ClFN3. The monoisotopic (exact) mass is 237 g/mol. The molecular weight excluding hydrogens is 229 g/mol. The molecule has 82 valence electrons. The first-order chi connectivity index (χ1) is 7.66. The van der Waals surface area contributed by atoms with E-state index < -0.39 is 5.82 Å². The SMILES string of the molecule is Nc1ncnc(Cc2ccc(Cl)cc2)c1F. The molecule has 0 spiro atoms. The van der Waals surface area contributed by atoms with Gasteiger partial charge in [0.15, 0.2) is 11.6 Å². The van der Waals surface area contributed by atoms with E-state index in [-0.39, 0.29) is 11.5 Å². The molecule has 2 aromatic rings. The van der Waals surface area contributed by atoms with E-state index in [1.165, 1.54) is 6.33 Å². The van der Waals surface area contributed by atoms with E-state index in [0.29, 0.717) is 11.4 Å². The Morgan fingerprint density at radius 2 is 1.88 bits per heavy atom. The first-order valence-electron chi connectivity index (χ1n) is 4.66. The van der Waals surface area contributed by atoms with Gasteiger partial charge in [0.05, 0.1) is 5.69 Å². The molecule has 5 heteroatoms. The van der Waals surface area contributed by atoms with Gasteiger partial charge in [-0.1, -0.05) is 23.7 Å². The third kappa shape index (κ3) is 2.28. The number of benzene rings is 1. The lowest BCUT2D eigenvalue weighted by Gasteiger charge is -2.03. The molecule has 0 radical (unpaired) electrons. The average Bonchev–Trinajstić information content (AvgIpc) is 2.28. The molecule has 2 rings (SSSR count). The Bertz CT molecular complexity index is 499. The van der Waals surface area contributed by atoms with Gasteiger partial charge < -0.3 is 5.73 Å². The Balaban J connectivity index is 2.27. The van der Waals surface area contributed by atoms with Crippen LogP contribution in [-0.2, 0) is 6.42 Å². The molecule has 16 heavy (non-hydrogen) atoms. The number of anilines is 1. The maximum absolute atomic E-state index is 13.5. The topological polar surface area (TPSA) is 51.8 Å². The molecule has 0 saturated carbocycles. The van der Waals surface area contributed by atoms with Gasteiger partial charge >= 0.3 is 0 Å². The quantitative estimate of drug-likeness (QED) is 0.873. The second kappa shape index (κ2) is 4.45. The summed E-state index contributed by atoms with van der Waals surface area (Å²) < 4.78 is 13.5. The third-order valence-corrected chi connectivity index (χ3v) is 2.43.